The number of aromatic nitrogens is 1. The largest absolute Gasteiger partial charge is 0.338 e. The second kappa shape index (κ2) is 6.16. The zero-order chi connectivity index (χ0) is 16.4. The van der Waals surface area contributed by atoms with Gasteiger partial charge in [0, 0.05) is 19.7 Å². The molecular weight excluding hydrogens is 297 g/mol. The lowest BCUT2D eigenvalue weighted by atomic mass is 9.93. The fourth-order valence-electron chi connectivity index (χ4n) is 2.91. The summed E-state index contributed by atoms with van der Waals surface area (Å²) in [5.41, 5.74) is 0.611. The average Bonchev–Trinajstić information content (AvgIpc) is 2.84. The molecule has 0 spiro atoms. The number of carbonyl (C=O) groups is 2. The SMILES string of the molecule is CN1C(=O)C[C@@H](C(=O)Nc2ccccn2)[C@@H]1c1cccc(F)c1. The average molecular weight is 313 g/mol. The normalized spacial score (nSPS) is 20.6. The van der Waals surface area contributed by atoms with E-state index in [2.05, 4.69) is 10.3 Å². The zero-order valence-corrected chi connectivity index (χ0v) is 12.6. The van der Waals surface area contributed by atoms with Crippen molar-refractivity contribution in [3.8, 4) is 0 Å². The summed E-state index contributed by atoms with van der Waals surface area (Å²) in [6.07, 6.45) is 1.67. The molecule has 0 aliphatic carbocycles. The van der Waals surface area contributed by atoms with Crippen molar-refractivity contribution in [1.82, 2.24) is 9.88 Å². The number of rotatable bonds is 3. The van der Waals surface area contributed by atoms with Gasteiger partial charge in [0.25, 0.3) is 0 Å². The van der Waals surface area contributed by atoms with Crippen molar-refractivity contribution in [1.29, 1.82) is 0 Å². The highest BCUT2D eigenvalue weighted by Gasteiger charge is 2.42. The number of likely N-dealkylation sites (tertiary alicyclic amines) is 1. The van der Waals surface area contributed by atoms with Crippen LogP contribution in [0.5, 0.6) is 0 Å². The van der Waals surface area contributed by atoms with Crippen LogP contribution in [-0.4, -0.2) is 28.7 Å². The summed E-state index contributed by atoms with van der Waals surface area (Å²) in [5.74, 6) is -0.982. The van der Waals surface area contributed by atoms with Crippen LogP contribution >= 0.6 is 0 Å². The standard InChI is InChI=1S/C17H16FN3O2/c1-21-15(22)10-13(16(21)11-5-4-6-12(18)9-11)17(23)20-14-7-2-3-8-19-14/h2-9,13,16H,10H2,1H3,(H,19,20,23)/t13-,16+/m1/s1. The lowest BCUT2D eigenvalue weighted by Gasteiger charge is -2.24. The maximum atomic E-state index is 13.5. The summed E-state index contributed by atoms with van der Waals surface area (Å²) >= 11 is 0. The molecule has 1 aliphatic heterocycles. The number of anilines is 1. The molecule has 2 amide bonds. The van der Waals surface area contributed by atoms with Gasteiger partial charge < -0.3 is 10.2 Å². The van der Waals surface area contributed by atoms with Crippen LogP contribution in [0, 0.1) is 11.7 Å². The first kappa shape index (κ1) is 15.1. The van der Waals surface area contributed by atoms with E-state index in [9.17, 15) is 14.0 Å². The molecule has 0 saturated carbocycles. The molecular formula is C17H16FN3O2. The Bertz CT molecular complexity index is 736. The molecule has 118 valence electrons. The smallest absolute Gasteiger partial charge is 0.231 e. The van der Waals surface area contributed by atoms with Crippen molar-refractivity contribution in [2.45, 2.75) is 12.5 Å². The molecule has 1 N–H and O–H groups in total. The van der Waals surface area contributed by atoms with E-state index >= 15 is 0 Å². The van der Waals surface area contributed by atoms with Crippen LogP contribution in [0.15, 0.2) is 48.7 Å². The molecule has 0 radical (unpaired) electrons. The van der Waals surface area contributed by atoms with Crippen molar-refractivity contribution in [3.63, 3.8) is 0 Å². The number of nitrogens with zero attached hydrogens (tertiary/aromatic N) is 2. The van der Waals surface area contributed by atoms with Crippen molar-refractivity contribution in [2.75, 3.05) is 12.4 Å². The minimum absolute atomic E-state index is 0.0936. The first-order valence-corrected chi connectivity index (χ1v) is 7.29. The summed E-state index contributed by atoms with van der Waals surface area (Å²) in [5, 5.41) is 2.72. The molecule has 1 fully saturated rings. The molecule has 1 saturated heterocycles. The molecule has 23 heavy (non-hydrogen) atoms. The van der Waals surface area contributed by atoms with E-state index in [1.54, 1.807) is 43.6 Å². The van der Waals surface area contributed by atoms with Crippen LogP contribution in [0.2, 0.25) is 0 Å². The molecule has 2 heterocycles. The number of carbonyl (C=O) groups excluding carboxylic acids is 2. The Kier molecular flexibility index (Phi) is 4.06. The van der Waals surface area contributed by atoms with Crippen molar-refractivity contribution >= 4 is 17.6 Å². The van der Waals surface area contributed by atoms with Crippen LogP contribution in [0.3, 0.4) is 0 Å². The van der Waals surface area contributed by atoms with E-state index in [4.69, 9.17) is 0 Å². The van der Waals surface area contributed by atoms with Gasteiger partial charge in [-0.25, -0.2) is 9.37 Å². The first-order valence-electron chi connectivity index (χ1n) is 7.29. The van der Waals surface area contributed by atoms with Crippen molar-refractivity contribution in [3.05, 3.63) is 60.0 Å². The fraction of sp³-hybridized carbons (Fsp3) is 0.235. The van der Waals surface area contributed by atoms with Crippen LogP contribution in [0.25, 0.3) is 0 Å². The highest BCUT2D eigenvalue weighted by molar-refractivity contribution is 5.97. The second-order valence-corrected chi connectivity index (χ2v) is 5.52. The molecule has 3 rings (SSSR count). The first-order chi connectivity index (χ1) is 11.1. The number of nitrogens with one attached hydrogen (secondary N) is 1. The molecule has 0 unspecified atom stereocenters. The minimum atomic E-state index is -0.587. The molecule has 2 atom stereocenters. The monoisotopic (exact) mass is 313 g/mol. The highest BCUT2D eigenvalue weighted by Crippen LogP contribution is 2.37. The molecule has 5 nitrogen and oxygen atoms in total. The molecule has 6 heteroatoms. The molecule has 0 bridgehead atoms. The van der Waals surface area contributed by atoms with Crippen LogP contribution < -0.4 is 5.32 Å². The predicted molar refractivity (Wildman–Crippen MR) is 82.9 cm³/mol. The topological polar surface area (TPSA) is 62.3 Å². The number of hydrogen-bond donors (Lipinski definition) is 1. The van der Waals surface area contributed by atoms with Crippen LogP contribution in [-0.2, 0) is 9.59 Å². The van der Waals surface area contributed by atoms with Gasteiger partial charge in [0.05, 0.1) is 12.0 Å². The Morgan fingerprint density at radius 3 is 2.83 bits per heavy atom. The third kappa shape index (κ3) is 3.06. The maximum Gasteiger partial charge on any atom is 0.231 e. The lowest BCUT2D eigenvalue weighted by molar-refractivity contribution is -0.128. The van der Waals surface area contributed by atoms with E-state index in [1.807, 2.05) is 0 Å². The van der Waals surface area contributed by atoms with Crippen molar-refractivity contribution in [2.24, 2.45) is 5.92 Å². The molecule has 1 aromatic carbocycles. The maximum absolute atomic E-state index is 13.5. The van der Waals surface area contributed by atoms with Gasteiger partial charge in [-0.1, -0.05) is 18.2 Å². The summed E-state index contributed by atoms with van der Waals surface area (Å²) in [6.45, 7) is 0. The van der Waals surface area contributed by atoms with Gasteiger partial charge in [0.15, 0.2) is 0 Å². The van der Waals surface area contributed by atoms with Crippen LogP contribution in [0.1, 0.15) is 18.0 Å². The van der Waals surface area contributed by atoms with E-state index < -0.39 is 12.0 Å². The van der Waals surface area contributed by atoms with Gasteiger partial charge in [-0.05, 0) is 29.8 Å². The Morgan fingerprint density at radius 1 is 1.30 bits per heavy atom. The Morgan fingerprint density at radius 2 is 2.13 bits per heavy atom. The number of benzene rings is 1. The number of pyridine rings is 1. The number of amides is 2. The summed E-state index contributed by atoms with van der Waals surface area (Å²) in [6, 6.07) is 10.7. The minimum Gasteiger partial charge on any atom is -0.338 e. The highest BCUT2D eigenvalue weighted by atomic mass is 19.1. The fourth-order valence-corrected chi connectivity index (χ4v) is 2.91. The molecule has 1 aromatic heterocycles. The zero-order valence-electron chi connectivity index (χ0n) is 12.6. The van der Waals surface area contributed by atoms with E-state index in [-0.39, 0.29) is 24.1 Å². The third-order valence-electron chi connectivity index (χ3n) is 4.03. The number of halogens is 1. The second-order valence-electron chi connectivity index (χ2n) is 5.52. The van der Waals surface area contributed by atoms with E-state index in [0.29, 0.717) is 11.4 Å². The van der Waals surface area contributed by atoms with Gasteiger partial charge >= 0.3 is 0 Å². The quantitative estimate of drug-likeness (QED) is 0.946. The van der Waals surface area contributed by atoms with Crippen LogP contribution in [0.4, 0.5) is 10.2 Å². The van der Waals surface area contributed by atoms with Gasteiger partial charge in [-0.2, -0.15) is 0 Å². The predicted octanol–water partition coefficient (Wildman–Crippen LogP) is 2.38. The summed E-state index contributed by atoms with van der Waals surface area (Å²) in [4.78, 5) is 30.1. The Balaban J connectivity index is 1.87. The number of hydrogen-bond acceptors (Lipinski definition) is 3. The molecule has 2 aromatic rings. The van der Waals surface area contributed by atoms with Crippen molar-refractivity contribution < 1.29 is 14.0 Å². The summed E-state index contributed by atoms with van der Waals surface area (Å²) < 4.78 is 13.5. The van der Waals surface area contributed by atoms with E-state index in [0.717, 1.165) is 0 Å². The van der Waals surface area contributed by atoms with Gasteiger partial charge in [0.2, 0.25) is 11.8 Å². The lowest BCUT2D eigenvalue weighted by Crippen LogP contribution is -2.30. The van der Waals surface area contributed by atoms with Gasteiger partial charge in [-0.15, -0.1) is 0 Å². The third-order valence-corrected chi connectivity index (χ3v) is 4.03. The van der Waals surface area contributed by atoms with Gasteiger partial charge in [-0.3, -0.25) is 9.59 Å². The van der Waals surface area contributed by atoms with Gasteiger partial charge in [0.1, 0.15) is 11.6 Å². The Labute approximate surface area is 133 Å². The van der Waals surface area contributed by atoms with E-state index in [1.165, 1.54) is 17.0 Å². The Hall–Kier alpha value is -2.76. The summed E-state index contributed by atoms with van der Waals surface area (Å²) in [7, 11) is 1.63. The molecule has 1 aliphatic rings.